The van der Waals surface area contributed by atoms with E-state index in [0.29, 0.717) is 29.8 Å². The zero-order valence-corrected chi connectivity index (χ0v) is 11.0. The van der Waals surface area contributed by atoms with Gasteiger partial charge in [-0.2, -0.15) is 5.10 Å². The first-order valence-electron chi connectivity index (χ1n) is 6.29. The second kappa shape index (κ2) is 4.48. The van der Waals surface area contributed by atoms with Gasteiger partial charge in [0.05, 0.1) is 17.3 Å². The van der Waals surface area contributed by atoms with E-state index in [1.807, 2.05) is 13.2 Å². The number of benzene rings is 1. The van der Waals surface area contributed by atoms with Crippen molar-refractivity contribution >= 4 is 17.5 Å². The van der Waals surface area contributed by atoms with Gasteiger partial charge in [-0.05, 0) is 30.2 Å². The Hall–Kier alpha value is -2.63. The molecule has 2 heterocycles. The number of aryl methyl sites for hydroxylation is 1. The monoisotopic (exact) mass is 270 g/mol. The number of imide groups is 1. The summed E-state index contributed by atoms with van der Waals surface area (Å²) >= 11 is 0. The van der Waals surface area contributed by atoms with Gasteiger partial charge in [0, 0.05) is 25.5 Å². The molecule has 1 aromatic carbocycles. The van der Waals surface area contributed by atoms with E-state index in [1.54, 1.807) is 29.1 Å². The largest absolute Gasteiger partial charge is 0.399 e. The molecule has 6 heteroatoms. The summed E-state index contributed by atoms with van der Waals surface area (Å²) in [6.45, 7) is 0.345. The minimum absolute atomic E-state index is 0.256. The predicted octanol–water partition coefficient (Wildman–Crippen LogP) is 0.841. The van der Waals surface area contributed by atoms with Crippen LogP contribution in [0.1, 0.15) is 26.3 Å². The van der Waals surface area contributed by atoms with Crippen LogP contribution >= 0.6 is 0 Å². The minimum Gasteiger partial charge on any atom is -0.399 e. The maximum absolute atomic E-state index is 12.2. The average molecular weight is 270 g/mol. The van der Waals surface area contributed by atoms with Crippen molar-refractivity contribution in [3.05, 3.63) is 47.3 Å². The maximum Gasteiger partial charge on any atom is 0.261 e. The molecule has 0 saturated carbocycles. The molecule has 20 heavy (non-hydrogen) atoms. The van der Waals surface area contributed by atoms with Gasteiger partial charge in [-0.15, -0.1) is 0 Å². The number of rotatable bonds is 3. The van der Waals surface area contributed by atoms with Gasteiger partial charge in [-0.1, -0.05) is 0 Å². The van der Waals surface area contributed by atoms with Crippen LogP contribution in [-0.2, 0) is 13.5 Å². The van der Waals surface area contributed by atoms with Gasteiger partial charge in [-0.3, -0.25) is 19.2 Å². The number of nitrogens with zero attached hydrogens (tertiary/aromatic N) is 3. The van der Waals surface area contributed by atoms with E-state index in [-0.39, 0.29) is 11.8 Å². The summed E-state index contributed by atoms with van der Waals surface area (Å²) in [4.78, 5) is 25.7. The molecule has 0 bridgehead atoms. The first-order valence-corrected chi connectivity index (χ1v) is 6.29. The zero-order chi connectivity index (χ0) is 14.3. The summed E-state index contributed by atoms with van der Waals surface area (Å²) in [6, 6.07) is 4.79. The number of nitrogens with two attached hydrogens (primary N) is 1. The zero-order valence-electron chi connectivity index (χ0n) is 11.0. The van der Waals surface area contributed by atoms with Crippen molar-refractivity contribution in [3.63, 3.8) is 0 Å². The van der Waals surface area contributed by atoms with Crippen LogP contribution < -0.4 is 5.73 Å². The first-order chi connectivity index (χ1) is 9.56. The Morgan fingerprint density at radius 2 is 1.95 bits per heavy atom. The fraction of sp³-hybridized carbons (Fsp3) is 0.214. The molecule has 0 atom stereocenters. The summed E-state index contributed by atoms with van der Waals surface area (Å²) < 4.78 is 1.69. The van der Waals surface area contributed by atoms with E-state index in [2.05, 4.69) is 5.10 Å². The number of anilines is 1. The van der Waals surface area contributed by atoms with E-state index < -0.39 is 0 Å². The Labute approximate surface area is 115 Å². The van der Waals surface area contributed by atoms with Crippen molar-refractivity contribution in [2.24, 2.45) is 7.05 Å². The molecule has 0 saturated heterocycles. The van der Waals surface area contributed by atoms with Crippen molar-refractivity contribution in [1.82, 2.24) is 14.7 Å². The number of amides is 2. The number of hydrogen-bond donors (Lipinski definition) is 1. The van der Waals surface area contributed by atoms with Crippen LogP contribution in [0.25, 0.3) is 0 Å². The summed E-state index contributed by atoms with van der Waals surface area (Å²) in [5, 5.41) is 4.06. The van der Waals surface area contributed by atoms with Crippen molar-refractivity contribution < 1.29 is 9.59 Å². The van der Waals surface area contributed by atoms with Gasteiger partial charge < -0.3 is 5.73 Å². The molecule has 2 N–H and O–H groups in total. The smallest absolute Gasteiger partial charge is 0.261 e. The fourth-order valence-corrected chi connectivity index (χ4v) is 2.35. The molecule has 1 aromatic heterocycles. The normalized spacial score (nSPS) is 13.9. The molecular weight excluding hydrogens is 256 g/mol. The maximum atomic E-state index is 12.2. The van der Waals surface area contributed by atoms with E-state index in [9.17, 15) is 9.59 Å². The molecule has 2 amide bonds. The van der Waals surface area contributed by atoms with Crippen molar-refractivity contribution in [2.75, 3.05) is 12.3 Å². The molecule has 0 unspecified atom stereocenters. The lowest BCUT2D eigenvalue weighted by molar-refractivity contribution is 0.0656. The molecule has 102 valence electrons. The van der Waals surface area contributed by atoms with Gasteiger partial charge in [0.2, 0.25) is 0 Å². The molecule has 1 aliphatic rings. The predicted molar refractivity (Wildman–Crippen MR) is 73.1 cm³/mol. The highest BCUT2D eigenvalue weighted by Crippen LogP contribution is 2.24. The van der Waals surface area contributed by atoms with Crippen molar-refractivity contribution in [3.8, 4) is 0 Å². The van der Waals surface area contributed by atoms with Gasteiger partial charge in [0.25, 0.3) is 11.8 Å². The Bertz CT molecular complexity index is 705. The van der Waals surface area contributed by atoms with Crippen molar-refractivity contribution in [1.29, 1.82) is 0 Å². The molecule has 0 aliphatic carbocycles. The number of hydrogen-bond acceptors (Lipinski definition) is 4. The highest BCUT2D eigenvalue weighted by molar-refractivity contribution is 6.21. The average Bonchev–Trinajstić information content (AvgIpc) is 2.92. The van der Waals surface area contributed by atoms with Gasteiger partial charge in [-0.25, -0.2) is 0 Å². The lowest BCUT2D eigenvalue weighted by Gasteiger charge is -2.12. The summed E-state index contributed by atoms with van der Waals surface area (Å²) in [6.07, 6.45) is 4.20. The molecule has 6 nitrogen and oxygen atoms in total. The van der Waals surface area contributed by atoms with Crippen LogP contribution in [-0.4, -0.2) is 33.0 Å². The molecule has 0 radical (unpaired) electrons. The van der Waals surface area contributed by atoms with Crippen molar-refractivity contribution in [2.45, 2.75) is 6.42 Å². The van der Waals surface area contributed by atoms with Crippen LogP contribution in [0.3, 0.4) is 0 Å². The second-order valence-electron chi connectivity index (χ2n) is 4.84. The molecule has 1 aliphatic heterocycles. The summed E-state index contributed by atoms with van der Waals surface area (Å²) in [7, 11) is 1.83. The molecule has 0 fully saturated rings. The quantitative estimate of drug-likeness (QED) is 0.662. The van der Waals surface area contributed by atoms with Crippen LogP contribution in [0.5, 0.6) is 0 Å². The molecular formula is C14H14N4O2. The molecule has 3 rings (SSSR count). The Balaban J connectivity index is 1.79. The van der Waals surface area contributed by atoms with Crippen LogP contribution in [0.15, 0.2) is 30.6 Å². The van der Waals surface area contributed by atoms with Gasteiger partial charge >= 0.3 is 0 Å². The summed E-state index contributed by atoms with van der Waals surface area (Å²) in [5.41, 5.74) is 7.95. The third-order valence-corrected chi connectivity index (χ3v) is 3.38. The van der Waals surface area contributed by atoms with E-state index in [4.69, 9.17) is 5.73 Å². The molecule has 2 aromatic rings. The Kier molecular flexibility index (Phi) is 2.78. The highest BCUT2D eigenvalue weighted by Gasteiger charge is 2.35. The van der Waals surface area contributed by atoms with Gasteiger partial charge in [0.15, 0.2) is 0 Å². The highest BCUT2D eigenvalue weighted by atomic mass is 16.2. The van der Waals surface area contributed by atoms with E-state index in [1.165, 1.54) is 4.90 Å². The van der Waals surface area contributed by atoms with Crippen LogP contribution in [0, 0.1) is 0 Å². The lowest BCUT2D eigenvalue weighted by atomic mass is 10.1. The summed E-state index contributed by atoms with van der Waals surface area (Å²) in [5.74, 6) is -0.532. The topological polar surface area (TPSA) is 81.2 Å². The SMILES string of the molecule is Cn1cc(CCN2C(=O)c3ccc(N)cc3C2=O)cn1. The van der Waals surface area contributed by atoms with E-state index in [0.717, 1.165) is 5.56 Å². The standard InChI is InChI=1S/C14H14N4O2/c1-17-8-9(7-16-17)4-5-18-13(19)11-3-2-10(15)6-12(11)14(18)20/h2-3,6-8H,4-5,15H2,1H3. The number of carbonyl (C=O) groups excluding carboxylic acids is 2. The number of aromatic nitrogens is 2. The fourth-order valence-electron chi connectivity index (χ4n) is 2.35. The number of nitrogen functional groups attached to an aromatic ring is 1. The van der Waals surface area contributed by atoms with Gasteiger partial charge in [0.1, 0.15) is 0 Å². The van der Waals surface area contributed by atoms with E-state index >= 15 is 0 Å². The third kappa shape index (κ3) is 1.95. The van der Waals surface area contributed by atoms with Crippen LogP contribution in [0.2, 0.25) is 0 Å². The minimum atomic E-state index is -0.277. The number of fused-ring (bicyclic) bond motifs is 1. The Morgan fingerprint density at radius 3 is 2.65 bits per heavy atom. The number of carbonyl (C=O) groups is 2. The molecule has 0 spiro atoms. The third-order valence-electron chi connectivity index (χ3n) is 3.38. The lowest BCUT2D eigenvalue weighted by Crippen LogP contribution is -2.31. The first kappa shape index (κ1) is 12.4. The Morgan fingerprint density at radius 1 is 1.20 bits per heavy atom. The second-order valence-corrected chi connectivity index (χ2v) is 4.84. The van der Waals surface area contributed by atoms with Crippen LogP contribution in [0.4, 0.5) is 5.69 Å².